The minimum absolute atomic E-state index is 0.00683. The van der Waals surface area contributed by atoms with E-state index in [1.807, 2.05) is 49.4 Å². The lowest BCUT2D eigenvalue weighted by Gasteiger charge is -2.11. The first-order valence-corrected chi connectivity index (χ1v) is 10.8. The number of halogens is 1. The molecule has 0 spiro atoms. The molecule has 150 valence electrons. The van der Waals surface area contributed by atoms with Gasteiger partial charge in [0.15, 0.2) is 5.43 Å². The second-order valence-corrected chi connectivity index (χ2v) is 8.36. The summed E-state index contributed by atoms with van der Waals surface area (Å²) in [6, 6.07) is 21.7. The molecule has 0 aliphatic rings. The molecule has 0 aliphatic heterocycles. The number of anilines is 1. The fraction of sp³-hybridized carbons (Fsp3) is 0.0833. The van der Waals surface area contributed by atoms with E-state index in [2.05, 4.69) is 10.3 Å². The summed E-state index contributed by atoms with van der Waals surface area (Å²) in [6.07, 6.45) is 0. The zero-order valence-corrected chi connectivity index (χ0v) is 17.8. The first kappa shape index (κ1) is 20.3. The van der Waals surface area contributed by atoms with Crippen LogP contribution in [0.25, 0.3) is 10.9 Å². The third kappa shape index (κ3) is 4.42. The topological polar surface area (TPSA) is 62.0 Å². The number of fused-ring (bicyclic) bond motifs is 1. The molecule has 0 bridgehead atoms. The molecule has 1 amide bonds. The quantitative estimate of drug-likeness (QED) is 0.377. The maximum Gasteiger partial charge on any atom is 0.255 e. The van der Waals surface area contributed by atoms with Gasteiger partial charge in [0.2, 0.25) is 0 Å². The lowest BCUT2D eigenvalue weighted by atomic mass is 10.1. The number of thioether (sulfide) groups is 1. The summed E-state index contributed by atoms with van der Waals surface area (Å²) in [6.45, 7) is 1.98. The van der Waals surface area contributed by atoms with E-state index in [0.717, 1.165) is 27.4 Å². The normalized spacial score (nSPS) is 10.9. The minimum Gasteiger partial charge on any atom is -0.357 e. The highest BCUT2D eigenvalue weighted by atomic mass is 35.5. The summed E-state index contributed by atoms with van der Waals surface area (Å²) < 4.78 is 0. The first-order chi connectivity index (χ1) is 14.5. The van der Waals surface area contributed by atoms with Crippen LogP contribution < -0.4 is 10.7 Å². The van der Waals surface area contributed by atoms with Crippen molar-refractivity contribution in [1.82, 2.24) is 4.98 Å². The monoisotopic (exact) mass is 434 g/mol. The molecule has 3 aromatic carbocycles. The van der Waals surface area contributed by atoms with Crippen molar-refractivity contribution in [3.63, 3.8) is 0 Å². The van der Waals surface area contributed by atoms with Crippen LogP contribution in [0.2, 0.25) is 5.02 Å². The van der Waals surface area contributed by atoms with E-state index in [1.54, 1.807) is 42.1 Å². The predicted molar refractivity (Wildman–Crippen MR) is 125 cm³/mol. The Morgan fingerprint density at radius 3 is 2.60 bits per heavy atom. The molecule has 4 aromatic rings. The van der Waals surface area contributed by atoms with Crippen LogP contribution in [-0.2, 0) is 5.75 Å². The summed E-state index contributed by atoms with van der Waals surface area (Å²) in [7, 11) is 0. The summed E-state index contributed by atoms with van der Waals surface area (Å²) in [4.78, 5) is 29.3. The van der Waals surface area contributed by atoms with Gasteiger partial charge in [0.25, 0.3) is 5.91 Å². The molecule has 0 saturated heterocycles. The number of benzene rings is 3. The highest BCUT2D eigenvalue weighted by Gasteiger charge is 2.11. The third-order valence-electron chi connectivity index (χ3n) is 4.75. The number of aromatic amines is 1. The van der Waals surface area contributed by atoms with Crippen LogP contribution in [-0.4, -0.2) is 10.9 Å². The summed E-state index contributed by atoms with van der Waals surface area (Å²) in [5.74, 6) is 0.377. The molecular formula is C24H19ClN2O2S. The highest BCUT2D eigenvalue weighted by Crippen LogP contribution is 2.30. The Hall–Kier alpha value is -3.02. The molecule has 0 fully saturated rings. The molecule has 0 radical (unpaired) electrons. The number of carbonyl (C=O) groups excluding carboxylic acids is 1. The number of carbonyl (C=O) groups is 1. The van der Waals surface area contributed by atoms with Crippen molar-refractivity contribution >= 4 is 45.9 Å². The van der Waals surface area contributed by atoms with Crippen LogP contribution in [0.5, 0.6) is 0 Å². The van der Waals surface area contributed by atoms with Crippen molar-refractivity contribution in [1.29, 1.82) is 0 Å². The standard InChI is InChI=1S/C24H19ClN2O2S/c1-15-5-4-6-19-21(28)13-18(26-23(15)19)14-30-22-8-3-2-7-20(22)27-24(29)16-9-11-17(25)12-10-16/h2-13H,14H2,1H3,(H,26,28)(H,27,29). The van der Waals surface area contributed by atoms with Gasteiger partial charge in [0.1, 0.15) is 0 Å². The molecule has 0 atom stereocenters. The summed E-state index contributed by atoms with van der Waals surface area (Å²) in [5.41, 5.74) is 4.00. The van der Waals surface area contributed by atoms with Gasteiger partial charge < -0.3 is 10.3 Å². The average Bonchev–Trinajstić information content (AvgIpc) is 2.74. The summed E-state index contributed by atoms with van der Waals surface area (Å²) in [5, 5.41) is 4.24. The fourth-order valence-corrected chi connectivity index (χ4v) is 4.24. The zero-order chi connectivity index (χ0) is 21.1. The highest BCUT2D eigenvalue weighted by molar-refractivity contribution is 7.98. The van der Waals surface area contributed by atoms with Crippen LogP contribution in [0.3, 0.4) is 0 Å². The Morgan fingerprint density at radius 2 is 1.80 bits per heavy atom. The number of pyridine rings is 1. The van der Waals surface area contributed by atoms with Gasteiger partial charge in [0, 0.05) is 38.4 Å². The predicted octanol–water partition coefficient (Wildman–Crippen LogP) is 6.03. The van der Waals surface area contributed by atoms with E-state index in [-0.39, 0.29) is 11.3 Å². The van der Waals surface area contributed by atoms with Crippen molar-refractivity contribution < 1.29 is 4.79 Å². The fourth-order valence-electron chi connectivity index (χ4n) is 3.20. The number of rotatable bonds is 5. The number of aromatic nitrogens is 1. The average molecular weight is 435 g/mol. The van der Waals surface area contributed by atoms with Crippen LogP contribution in [0, 0.1) is 6.92 Å². The van der Waals surface area contributed by atoms with Crippen molar-refractivity contribution in [2.75, 3.05) is 5.32 Å². The van der Waals surface area contributed by atoms with Crippen molar-refractivity contribution in [3.05, 3.63) is 105 Å². The molecule has 4 nitrogen and oxygen atoms in total. The maximum absolute atomic E-state index is 12.6. The number of H-pyrrole nitrogens is 1. The number of hydrogen-bond acceptors (Lipinski definition) is 3. The maximum atomic E-state index is 12.6. The number of hydrogen-bond donors (Lipinski definition) is 2. The van der Waals surface area contributed by atoms with Crippen LogP contribution in [0.4, 0.5) is 5.69 Å². The van der Waals surface area contributed by atoms with Gasteiger partial charge in [-0.3, -0.25) is 9.59 Å². The van der Waals surface area contributed by atoms with Gasteiger partial charge in [-0.1, -0.05) is 35.9 Å². The number of amides is 1. The number of para-hydroxylation sites is 2. The van der Waals surface area contributed by atoms with E-state index in [4.69, 9.17) is 11.6 Å². The minimum atomic E-state index is -0.200. The zero-order valence-electron chi connectivity index (χ0n) is 16.2. The Balaban J connectivity index is 1.54. The van der Waals surface area contributed by atoms with Crippen molar-refractivity contribution in [2.45, 2.75) is 17.6 Å². The van der Waals surface area contributed by atoms with E-state index in [9.17, 15) is 9.59 Å². The van der Waals surface area contributed by atoms with Gasteiger partial charge in [-0.2, -0.15) is 0 Å². The molecule has 30 heavy (non-hydrogen) atoms. The second kappa shape index (κ2) is 8.78. The molecule has 0 aliphatic carbocycles. The molecule has 1 aromatic heterocycles. The van der Waals surface area contributed by atoms with E-state index in [1.165, 1.54) is 0 Å². The van der Waals surface area contributed by atoms with E-state index < -0.39 is 0 Å². The second-order valence-electron chi connectivity index (χ2n) is 6.90. The largest absolute Gasteiger partial charge is 0.357 e. The lowest BCUT2D eigenvalue weighted by Crippen LogP contribution is -2.12. The van der Waals surface area contributed by atoms with Crippen LogP contribution in [0.1, 0.15) is 21.6 Å². The molecule has 0 saturated carbocycles. The van der Waals surface area contributed by atoms with Gasteiger partial charge in [0.05, 0.1) is 11.2 Å². The SMILES string of the molecule is Cc1cccc2c(=O)cc(CSc3ccccc3NC(=O)c3ccc(Cl)cc3)[nH]c12. The molecule has 2 N–H and O–H groups in total. The molecule has 6 heteroatoms. The number of nitrogens with one attached hydrogen (secondary N) is 2. The van der Waals surface area contributed by atoms with Gasteiger partial charge in [-0.25, -0.2) is 0 Å². The first-order valence-electron chi connectivity index (χ1n) is 9.41. The van der Waals surface area contributed by atoms with Gasteiger partial charge in [-0.15, -0.1) is 11.8 Å². The van der Waals surface area contributed by atoms with Crippen LogP contribution in [0.15, 0.2) is 82.5 Å². The molecular weight excluding hydrogens is 416 g/mol. The van der Waals surface area contributed by atoms with E-state index in [0.29, 0.717) is 21.7 Å². The molecule has 4 rings (SSSR count). The smallest absolute Gasteiger partial charge is 0.255 e. The van der Waals surface area contributed by atoms with Gasteiger partial charge in [-0.05, 0) is 55.0 Å². The third-order valence-corrected chi connectivity index (χ3v) is 6.13. The summed E-state index contributed by atoms with van der Waals surface area (Å²) >= 11 is 7.46. The lowest BCUT2D eigenvalue weighted by molar-refractivity contribution is 0.102. The van der Waals surface area contributed by atoms with E-state index >= 15 is 0 Å². The van der Waals surface area contributed by atoms with Crippen molar-refractivity contribution in [3.8, 4) is 0 Å². The Kier molecular flexibility index (Phi) is 5.93. The Labute approximate surface area is 183 Å². The van der Waals surface area contributed by atoms with Crippen LogP contribution >= 0.6 is 23.4 Å². The Bertz CT molecular complexity index is 1280. The van der Waals surface area contributed by atoms with Crippen molar-refractivity contribution in [2.24, 2.45) is 0 Å². The molecule has 0 unspecified atom stereocenters. The number of aryl methyl sites for hydroxylation is 1. The Morgan fingerprint density at radius 1 is 1.03 bits per heavy atom. The van der Waals surface area contributed by atoms with Gasteiger partial charge >= 0.3 is 0 Å². The molecule has 1 heterocycles.